The van der Waals surface area contributed by atoms with Gasteiger partial charge in [0.05, 0.1) is 0 Å². The van der Waals surface area contributed by atoms with Crippen molar-refractivity contribution in [2.75, 3.05) is 0 Å². The van der Waals surface area contributed by atoms with E-state index in [1.807, 2.05) is 30.3 Å². The van der Waals surface area contributed by atoms with Gasteiger partial charge >= 0.3 is 6.16 Å². The van der Waals surface area contributed by atoms with Crippen LogP contribution in [0.4, 0.5) is 4.79 Å². The molecule has 1 saturated heterocycles. The van der Waals surface area contributed by atoms with Gasteiger partial charge in [0.1, 0.15) is 5.76 Å². The standard InChI is InChI=1S/C12H12O3/c1-9-12(2,15-11(13)14-9)8-10-6-4-3-5-7-10/h3-7H,1,8H2,2H3/t12-/m0/s1. The van der Waals surface area contributed by atoms with Crippen LogP contribution in [0, 0.1) is 0 Å². The van der Waals surface area contributed by atoms with E-state index in [1.165, 1.54) is 0 Å². The van der Waals surface area contributed by atoms with Crippen molar-refractivity contribution >= 4 is 6.16 Å². The number of carbonyl (C=O) groups excluding carboxylic acids is 1. The van der Waals surface area contributed by atoms with Gasteiger partial charge in [-0.15, -0.1) is 0 Å². The molecule has 1 aromatic rings. The molecule has 0 bridgehead atoms. The number of hydrogen-bond donors (Lipinski definition) is 0. The first-order valence-electron chi connectivity index (χ1n) is 4.74. The average molecular weight is 204 g/mol. The van der Waals surface area contributed by atoms with Crippen LogP contribution < -0.4 is 0 Å². The summed E-state index contributed by atoms with van der Waals surface area (Å²) in [4.78, 5) is 11.0. The molecule has 3 nitrogen and oxygen atoms in total. The minimum Gasteiger partial charge on any atom is -0.419 e. The molecule has 1 aliphatic heterocycles. The fourth-order valence-corrected chi connectivity index (χ4v) is 1.59. The molecule has 0 saturated carbocycles. The Hall–Kier alpha value is -1.77. The summed E-state index contributed by atoms with van der Waals surface area (Å²) in [6, 6.07) is 9.78. The SMILES string of the molecule is C=C1OC(=O)O[C@@]1(C)Cc1ccccc1. The van der Waals surface area contributed by atoms with Gasteiger partial charge in [0.2, 0.25) is 0 Å². The third kappa shape index (κ3) is 1.86. The van der Waals surface area contributed by atoms with Gasteiger partial charge in [-0.2, -0.15) is 0 Å². The fraction of sp³-hybridized carbons (Fsp3) is 0.250. The molecule has 1 heterocycles. The number of benzene rings is 1. The number of hydrogen-bond acceptors (Lipinski definition) is 3. The highest BCUT2D eigenvalue weighted by atomic mass is 16.8. The van der Waals surface area contributed by atoms with Crippen LogP contribution in [0.1, 0.15) is 12.5 Å². The summed E-state index contributed by atoms with van der Waals surface area (Å²) < 4.78 is 9.90. The summed E-state index contributed by atoms with van der Waals surface area (Å²) in [5.74, 6) is 0.372. The van der Waals surface area contributed by atoms with Crippen molar-refractivity contribution in [2.24, 2.45) is 0 Å². The van der Waals surface area contributed by atoms with Crippen molar-refractivity contribution in [1.82, 2.24) is 0 Å². The lowest BCUT2D eigenvalue weighted by Gasteiger charge is -2.20. The molecule has 1 fully saturated rings. The lowest BCUT2D eigenvalue weighted by atomic mass is 9.95. The molecule has 78 valence electrons. The number of ether oxygens (including phenoxy) is 2. The Balaban J connectivity index is 2.18. The summed E-state index contributed by atoms with van der Waals surface area (Å²) in [5.41, 5.74) is 0.345. The Morgan fingerprint density at radius 1 is 1.33 bits per heavy atom. The van der Waals surface area contributed by atoms with E-state index < -0.39 is 11.8 Å². The number of carbonyl (C=O) groups is 1. The maximum absolute atomic E-state index is 11.0. The smallest absolute Gasteiger partial charge is 0.419 e. The molecule has 2 rings (SSSR count). The Labute approximate surface area is 88.3 Å². The molecule has 0 unspecified atom stereocenters. The van der Waals surface area contributed by atoms with Gasteiger partial charge in [0.15, 0.2) is 5.60 Å². The van der Waals surface area contributed by atoms with Crippen LogP contribution in [0.25, 0.3) is 0 Å². The lowest BCUT2D eigenvalue weighted by Crippen LogP contribution is -2.28. The second kappa shape index (κ2) is 3.42. The van der Waals surface area contributed by atoms with Crippen molar-refractivity contribution in [2.45, 2.75) is 18.9 Å². The highest BCUT2D eigenvalue weighted by Gasteiger charge is 2.42. The number of rotatable bonds is 2. The Kier molecular flexibility index (Phi) is 2.23. The second-order valence-corrected chi connectivity index (χ2v) is 3.77. The molecule has 0 amide bonds. The Morgan fingerprint density at radius 3 is 2.53 bits per heavy atom. The molecule has 0 aromatic heterocycles. The van der Waals surface area contributed by atoms with Gasteiger partial charge in [-0.25, -0.2) is 4.79 Å². The molecule has 15 heavy (non-hydrogen) atoms. The summed E-state index contributed by atoms with van der Waals surface area (Å²) >= 11 is 0. The third-order valence-corrected chi connectivity index (χ3v) is 2.49. The summed E-state index contributed by atoms with van der Waals surface area (Å²) in [6.07, 6.45) is -0.0864. The first-order valence-corrected chi connectivity index (χ1v) is 4.74. The molecule has 0 aliphatic carbocycles. The summed E-state index contributed by atoms with van der Waals surface area (Å²) in [7, 11) is 0. The zero-order chi connectivity index (χ0) is 10.9. The first kappa shape index (κ1) is 9.77. The zero-order valence-corrected chi connectivity index (χ0v) is 8.53. The predicted molar refractivity (Wildman–Crippen MR) is 55.3 cm³/mol. The van der Waals surface area contributed by atoms with Crippen LogP contribution in [-0.4, -0.2) is 11.8 Å². The van der Waals surface area contributed by atoms with Crippen LogP contribution in [0.3, 0.4) is 0 Å². The predicted octanol–water partition coefficient (Wildman–Crippen LogP) is 2.67. The Bertz CT molecular complexity index is 397. The third-order valence-electron chi connectivity index (χ3n) is 2.49. The van der Waals surface area contributed by atoms with E-state index in [2.05, 4.69) is 6.58 Å². The van der Waals surface area contributed by atoms with Crippen molar-refractivity contribution in [3.8, 4) is 0 Å². The van der Waals surface area contributed by atoms with Crippen molar-refractivity contribution in [3.05, 3.63) is 48.2 Å². The summed E-state index contributed by atoms with van der Waals surface area (Å²) in [5, 5.41) is 0. The minimum absolute atomic E-state index is 0.372. The van der Waals surface area contributed by atoms with Gasteiger partial charge in [0.25, 0.3) is 0 Å². The van der Waals surface area contributed by atoms with E-state index in [9.17, 15) is 4.79 Å². The summed E-state index contributed by atoms with van der Waals surface area (Å²) in [6.45, 7) is 5.48. The van der Waals surface area contributed by atoms with E-state index >= 15 is 0 Å². The molecule has 1 aromatic carbocycles. The minimum atomic E-state index is -0.738. The molecule has 1 aliphatic rings. The van der Waals surface area contributed by atoms with Crippen LogP contribution in [-0.2, 0) is 15.9 Å². The molecular weight excluding hydrogens is 192 g/mol. The van der Waals surface area contributed by atoms with E-state index in [-0.39, 0.29) is 0 Å². The van der Waals surface area contributed by atoms with E-state index in [1.54, 1.807) is 6.92 Å². The zero-order valence-electron chi connectivity index (χ0n) is 8.53. The van der Waals surface area contributed by atoms with Crippen LogP contribution >= 0.6 is 0 Å². The highest BCUT2D eigenvalue weighted by Crippen LogP contribution is 2.32. The molecule has 0 spiro atoms. The average Bonchev–Trinajstić information content (AvgIpc) is 2.41. The van der Waals surface area contributed by atoms with E-state index in [0.29, 0.717) is 12.2 Å². The monoisotopic (exact) mass is 204 g/mol. The molecule has 3 heteroatoms. The van der Waals surface area contributed by atoms with Crippen LogP contribution in [0.15, 0.2) is 42.7 Å². The van der Waals surface area contributed by atoms with Crippen LogP contribution in [0.5, 0.6) is 0 Å². The van der Waals surface area contributed by atoms with Gasteiger partial charge in [-0.3, -0.25) is 0 Å². The van der Waals surface area contributed by atoms with Gasteiger partial charge in [-0.05, 0) is 12.5 Å². The highest BCUT2D eigenvalue weighted by molar-refractivity contribution is 5.66. The molecule has 0 radical (unpaired) electrons. The van der Waals surface area contributed by atoms with Gasteiger partial charge in [0, 0.05) is 6.42 Å². The number of cyclic esters (lactones) is 2. The largest absolute Gasteiger partial charge is 0.514 e. The van der Waals surface area contributed by atoms with E-state index in [4.69, 9.17) is 9.47 Å². The van der Waals surface area contributed by atoms with Crippen molar-refractivity contribution in [3.63, 3.8) is 0 Å². The maximum atomic E-state index is 11.0. The topological polar surface area (TPSA) is 35.5 Å². The second-order valence-electron chi connectivity index (χ2n) is 3.77. The first-order chi connectivity index (χ1) is 7.10. The Morgan fingerprint density at radius 2 is 2.00 bits per heavy atom. The normalized spacial score (nSPS) is 24.9. The molecule has 0 N–H and O–H groups in total. The van der Waals surface area contributed by atoms with Crippen molar-refractivity contribution in [1.29, 1.82) is 0 Å². The van der Waals surface area contributed by atoms with Crippen molar-refractivity contribution < 1.29 is 14.3 Å². The molecule has 1 atom stereocenters. The van der Waals surface area contributed by atoms with Gasteiger partial charge in [-0.1, -0.05) is 36.9 Å². The molecular formula is C12H12O3. The maximum Gasteiger partial charge on any atom is 0.514 e. The lowest BCUT2D eigenvalue weighted by molar-refractivity contribution is 0.0771. The fourth-order valence-electron chi connectivity index (χ4n) is 1.59. The van der Waals surface area contributed by atoms with E-state index in [0.717, 1.165) is 5.56 Å². The quantitative estimate of drug-likeness (QED) is 0.695. The van der Waals surface area contributed by atoms with Crippen LogP contribution in [0.2, 0.25) is 0 Å². The van der Waals surface area contributed by atoms with Gasteiger partial charge < -0.3 is 9.47 Å².